The second-order valence-corrected chi connectivity index (χ2v) is 5.87. The summed E-state index contributed by atoms with van der Waals surface area (Å²) in [6.07, 6.45) is 11.8. The Morgan fingerprint density at radius 2 is 1.78 bits per heavy atom. The molecule has 0 saturated heterocycles. The van der Waals surface area contributed by atoms with Gasteiger partial charge in [0.15, 0.2) is 0 Å². The lowest BCUT2D eigenvalue weighted by atomic mass is 10.0. The normalized spacial score (nSPS) is 12.8. The Morgan fingerprint density at radius 1 is 1.11 bits per heavy atom. The molecule has 0 amide bonds. The van der Waals surface area contributed by atoms with Gasteiger partial charge < -0.3 is 5.11 Å². The summed E-state index contributed by atoms with van der Waals surface area (Å²) in [4.78, 5) is 0. The fraction of sp³-hybridized carbons (Fsp3) is 0.857. The van der Waals surface area contributed by atoms with Crippen LogP contribution in [0.5, 0.6) is 0 Å². The predicted octanol–water partition coefficient (Wildman–Crippen LogP) is 3.97. The Balaban J connectivity index is 1.88. The zero-order valence-electron chi connectivity index (χ0n) is 11.5. The van der Waals surface area contributed by atoms with Crippen LogP contribution in [-0.2, 0) is 6.42 Å². The molecule has 1 aromatic rings. The van der Waals surface area contributed by atoms with Gasteiger partial charge >= 0.3 is 0 Å². The van der Waals surface area contributed by atoms with Gasteiger partial charge in [-0.25, -0.2) is 0 Å². The highest BCUT2D eigenvalue weighted by Crippen LogP contribution is 2.13. The number of hydrogen-bond donors (Lipinski definition) is 1. The fourth-order valence-corrected chi connectivity index (χ4v) is 2.70. The van der Waals surface area contributed by atoms with E-state index in [1.807, 2.05) is 0 Å². The first-order valence-corrected chi connectivity index (χ1v) is 8.14. The van der Waals surface area contributed by atoms with Crippen LogP contribution < -0.4 is 0 Å². The zero-order chi connectivity index (χ0) is 13.1. The molecular weight excluding hydrogens is 244 g/mol. The first-order valence-electron chi connectivity index (χ1n) is 7.26. The molecular formula is C14H26N2OS. The summed E-state index contributed by atoms with van der Waals surface area (Å²) in [5.74, 6) is 0. The van der Waals surface area contributed by atoms with Crippen LogP contribution in [0.15, 0.2) is 5.51 Å². The minimum atomic E-state index is -0.238. The first-order chi connectivity index (χ1) is 8.83. The highest BCUT2D eigenvalue weighted by molar-refractivity contribution is 7.09. The SMILES string of the molecule is CCCCCCCCCCC(O)Cc1nncs1. The van der Waals surface area contributed by atoms with Gasteiger partial charge in [0.1, 0.15) is 10.5 Å². The van der Waals surface area contributed by atoms with E-state index >= 15 is 0 Å². The summed E-state index contributed by atoms with van der Waals surface area (Å²) >= 11 is 1.52. The third kappa shape index (κ3) is 7.77. The zero-order valence-corrected chi connectivity index (χ0v) is 12.3. The van der Waals surface area contributed by atoms with Crippen molar-refractivity contribution in [2.45, 2.75) is 77.2 Å². The molecule has 0 fully saturated rings. The minimum absolute atomic E-state index is 0.238. The van der Waals surface area contributed by atoms with Gasteiger partial charge in [0, 0.05) is 6.42 Å². The molecule has 4 heteroatoms. The Hall–Kier alpha value is -0.480. The molecule has 1 atom stereocenters. The smallest absolute Gasteiger partial charge is 0.119 e. The molecule has 104 valence electrons. The summed E-state index contributed by atoms with van der Waals surface area (Å²) < 4.78 is 0. The highest BCUT2D eigenvalue weighted by atomic mass is 32.1. The Morgan fingerprint density at radius 3 is 2.39 bits per heavy atom. The molecule has 1 heterocycles. The second-order valence-electron chi connectivity index (χ2n) is 4.95. The molecule has 1 N–H and O–H groups in total. The van der Waals surface area contributed by atoms with Gasteiger partial charge in [-0.3, -0.25) is 0 Å². The Labute approximate surface area is 115 Å². The van der Waals surface area contributed by atoms with Crippen molar-refractivity contribution in [1.82, 2.24) is 10.2 Å². The van der Waals surface area contributed by atoms with E-state index in [2.05, 4.69) is 17.1 Å². The molecule has 3 nitrogen and oxygen atoms in total. The van der Waals surface area contributed by atoms with Crippen molar-refractivity contribution in [3.8, 4) is 0 Å². The molecule has 1 aromatic heterocycles. The standard InChI is InChI=1S/C14H26N2OS/c1-2-3-4-5-6-7-8-9-10-13(17)11-14-16-15-12-18-14/h12-13,17H,2-11H2,1H3. The van der Waals surface area contributed by atoms with Crippen LogP contribution in [0.3, 0.4) is 0 Å². The molecule has 0 aliphatic rings. The second kappa shape index (κ2) is 10.4. The quantitative estimate of drug-likeness (QED) is 0.619. The maximum Gasteiger partial charge on any atom is 0.119 e. The summed E-state index contributed by atoms with van der Waals surface area (Å²) in [5, 5.41) is 18.5. The fourth-order valence-electron chi connectivity index (χ4n) is 2.10. The molecule has 0 aliphatic carbocycles. The van der Waals surface area contributed by atoms with Crippen LogP contribution in [0.4, 0.5) is 0 Å². The molecule has 0 spiro atoms. The van der Waals surface area contributed by atoms with E-state index in [0.717, 1.165) is 17.8 Å². The van der Waals surface area contributed by atoms with Gasteiger partial charge in [0.05, 0.1) is 6.10 Å². The third-order valence-corrected chi connectivity index (χ3v) is 3.93. The van der Waals surface area contributed by atoms with Gasteiger partial charge in [-0.1, -0.05) is 58.3 Å². The number of aliphatic hydroxyl groups is 1. The number of nitrogens with zero attached hydrogens (tertiary/aromatic N) is 2. The van der Waals surface area contributed by atoms with Crippen molar-refractivity contribution < 1.29 is 5.11 Å². The Kier molecular flexibility index (Phi) is 9.04. The van der Waals surface area contributed by atoms with Crippen molar-refractivity contribution in [2.75, 3.05) is 0 Å². The predicted molar refractivity (Wildman–Crippen MR) is 76.8 cm³/mol. The molecule has 18 heavy (non-hydrogen) atoms. The van der Waals surface area contributed by atoms with Gasteiger partial charge in [0.2, 0.25) is 0 Å². The number of aromatic nitrogens is 2. The molecule has 0 saturated carbocycles. The summed E-state index contributed by atoms with van der Waals surface area (Å²) in [5.41, 5.74) is 1.72. The van der Waals surface area contributed by atoms with Gasteiger partial charge in [-0.2, -0.15) is 0 Å². The van der Waals surface area contributed by atoms with Crippen LogP contribution in [0, 0.1) is 0 Å². The highest BCUT2D eigenvalue weighted by Gasteiger charge is 2.07. The average molecular weight is 270 g/mol. The Bertz CT molecular complexity index is 277. The van der Waals surface area contributed by atoms with Crippen LogP contribution in [-0.4, -0.2) is 21.4 Å². The monoisotopic (exact) mass is 270 g/mol. The van der Waals surface area contributed by atoms with Crippen LogP contribution in [0.1, 0.15) is 69.7 Å². The summed E-state index contributed by atoms with van der Waals surface area (Å²) in [7, 11) is 0. The van der Waals surface area contributed by atoms with E-state index in [1.165, 1.54) is 56.3 Å². The molecule has 0 aliphatic heterocycles. The van der Waals surface area contributed by atoms with Crippen LogP contribution in [0.25, 0.3) is 0 Å². The number of rotatable bonds is 11. The number of hydrogen-bond acceptors (Lipinski definition) is 4. The summed E-state index contributed by atoms with van der Waals surface area (Å²) in [6.45, 7) is 2.25. The largest absolute Gasteiger partial charge is 0.393 e. The molecule has 1 unspecified atom stereocenters. The van der Waals surface area contributed by atoms with Gasteiger partial charge in [0.25, 0.3) is 0 Å². The van der Waals surface area contributed by atoms with Gasteiger partial charge in [-0.05, 0) is 6.42 Å². The summed E-state index contributed by atoms with van der Waals surface area (Å²) in [6, 6.07) is 0. The van der Waals surface area contributed by atoms with Crippen molar-refractivity contribution in [3.05, 3.63) is 10.5 Å². The third-order valence-electron chi connectivity index (χ3n) is 3.21. The number of unbranched alkanes of at least 4 members (excludes halogenated alkanes) is 7. The lowest BCUT2D eigenvalue weighted by Crippen LogP contribution is -2.10. The van der Waals surface area contributed by atoms with E-state index in [9.17, 15) is 5.11 Å². The average Bonchev–Trinajstić information content (AvgIpc) is 2.85. The van der Waals surface area contributed by atoms with E-state index < -0.39 is 0 Å². The topological polar surface area (TPSA) is 46.0 Å². The van der Waals surface area contributed by atoms with Crippen molar-refractivity contribution in [2.24, 2.45) is 0 Å². The van der Waals surface area contributed by atoms with E-state index in [4.69, 9.17) is 0 Å². The first kappa shape index (κ1) is 15.6. The lowest BCUT2D eigenvalue weighted by molar-refractivity contribution is 0.160. The maximum absolute atomic E-state index is 9.83. The number of aliphatic hydroxyl groups excluding tert-OH is 1. The molecule has 0 radical (unpaired) electrons. The maximum atomic E-state index is 9.83. The van der Waals surface area contributed by atoms with E-state index in [0.29, 0.717) is 6.42 Å². The van der Waals surface area contributed by atoms with Crippen molar-refractivity contribution >= 4 is 11.3 Å². The van der Waals surface area contributed by atoms with Gasteiger partial charge in [-0.15, -0.1) is 21.5 Å². The lowest BCUT2D eigenvalue weighted by Gasteiger charge is -2.08. The van der Waals surface area contributed by atoms with Crippen LogP contribution in [0.2, 0.25) is 0 Å². The minimum Gasteiger partial charge on any atom is -0.393 e. The molecule has 0 bridgehead atoms. The van der Waals surface area contributed by atoms with E-state index in [1.54, 1.807) is 5.51 Å². The molecule has 1 rings (SSSR count). The van der Waals surface area contributed by atoms with Crippen LogP contribution >= 0.6 is 11.3 Å². The van der Waals surface area contributed by atoms with E-state index in [-0.39, 0.29) is 6.10 Å². The molecule has 0 aromatic carbocycles. The van der Waals surface area contributed by atoms with Crippen molar-refractivity contribution in [1.29, 1.82) is 0 Å². The van der Waals surface area contributed by atoms with Crippen molar-refractivity contribution in [3.63, 3.8) is 0 Å².